The summed E-state index contributed by atoms with van der Waals surface area (Å²) in [5, 5.41) is 3.19. The second kappa shape index (κ2) is 6.25. The Hall–Kier alpha value is -1.28. The van der Waals surface area contributed by atoms with E-state index in [1.165, 1.54) is 11.1 Å². The maximum Gasteiger partial charge on any atom is 0.122 e. The van der Waals surface area contributed by atoms with Crippen LogP contribution in [0.4, 0.5) is 0 Å². The van der Waals surface area contributed by atoms with Crippen LogP contribution in [0.3, 0.4) is 0 Å². The van der Waals surface area contributed by atoms with E-state index in [4.69, 9.17) is 4.74 Å². The molecule has 0 saturated carbocycles. The Kier molecular flexibility index (Phi) is 4.91. The highest BCUT2D eigenvalue weighted by Gasteiger charge is 1.98. The Bertz CT molecular complexity index is 320. The fourth-order valence-electron chi connectivity index (χ4n) is 1.40. The second-order valence-electron chi connectivity index (χ2n) is 3.61. The van der Waals surface area contributed by atoms with Crippen molar-refractivity contribution in [1.82, 2.24) is 5.32 Å². The number of nitrogens with one attached hydrogen (secondary N) is 1. The van der Waals surface area contributed by atoms with Crippen molar-refractivity contribution in [2.75, 3.05) is 19.7 Å². The quantitative estimate of drug-likeness (QED) is 0.569. The first kappa shape index (κ1) is 11.8. The van der Waals surface area contributed by atoms with Gasteiger partial charge in [-0.2, -0.15) is 0 Å². The van der Waals surface area contributed by atoms with E-state index in [2.05, 4.69) is 37.9 Å². The zero-order valence-electron chi connectivity index (χ0n) is 9.55. The average molecular weight is 205 g/mol. The highest BCUT2D eigenvalue weighted by Crippen LogP contribution is 2.18. The van der Waals surface area contributed by atoms with Gasteiger partial charge in [-0.1, -0.05) is 23.8 Å². The molecule has 1 aromatic rings. The van der Waals surface area contributed by atoms with Crippen molar-refractivity contribution in [2.45, 2.75) is 13.8 Å². The van der Waals surface area contributed by atoms with Gasteiger partial charge in [0, 0.05) is 13.1 Å². The monoisotopic (exact) mass is 205 g/mol. The molecule has 2 nitrogen and oxygen atoms in total. The Morgan fingerprint density at radius 3 is 2.87 bits per heavy atom. The zero-order chi connectivity index (χ0) is 11.1. The SMILES string of the molecule is C=CCNCCOc1ccc(C)cc1C. The topological polar surface area (TPSA) is 21.3 Å². The molecular formula is C13H19NO. The van der Waals surface area contributed by atoms with Crippen LogP contribution in [0.5, 0.6) is 5.75 Å². The summed E-state index contributed by atoms with van der Waals surface area (Å²) in [5.74, 6) is 0.973. The van der Waals surface area contributed by atoms with Gasteiger partial charge in [-0.3, -0.25) is 0 Å². The number of hydrogen-bond donors (Lipinski definition) is 1. The van der Waals surface area contributed by atoms with Crippen molar-refractivity contribution in [3.05, 3.63) is 42.0 Å². The van der Waals surface area contributed by atoms with E-state index in [0.717, 1.165) is 18.8 Å². The number of aryl methyl sites for hydroxylation is 2. The molecule has 0 spiro atoms. The van der Waals surface area contributed by atoms with Gasteiger partial charge in [-0.15, -0.1) is 6.58 Å². The van der Waals surface area contributed by atoms with Crippen LogP contribution in [0.15, 0.2) is 30.9 Å². The number of rotatable bonds is 6. The van der Waals surface area contributed by atoms with E-state index < -0.39 is 0 Å². The Morgan fingerprint density at radius 2 is 2.20 bits per heavy atom. The van der Waals surface area contributed by atoms with Crippen LogP contribution in [-0.4, -0.2) is 19.7 Å². The van der Waals surface area contributed by atoms with Gasteiger partial charge in [0.15, 0.2) is 0 Å². The molecule has 15 heavy (non-hydrogen) atoms. The Balaban J connectivity index is 2.34. The smallest absolute Gasteiger partial charge is 0.122 e. The average Bonchev–Trinajstić information content (AvgIpc) is 2.20. The minimum Gasteiger partial charge on any atom is -0.492 e. The highest BCUT2D eigenvalue weighted by atomic mass is 16.5. The van der Waals surface area contributed by atoms with E-state index in [-0.39, 0.29) is 0 Å². The van der Waals surface area contributed by atoms with Crippen LogP contribution >= 0.6 is 0 Å². The molecule has 1 N–H and O–H groups in total. The molecule has 0 radical (unpaired) electrons. The summed E-state index contributed by atoms with van der Waals surface area (Å²) in [6, 6.07) is 6.23. The van der Waals surface area contributed by atoms with E-state index in [0.29, 0.717) is 6.61 Å². The third-order valence-electron chi connectivity index (χ3n) is 2.16. The minimum absolute atomic E-state index is 0.692. The maximum absolute atomic E-state index is 5.64. The van der Waals surface area contributed by atoms with Crippen molar-refractivity contribution in [1.29, 1.82) is 0 Å². The normalized spacial score (nSPS) is 10.0. The van der Waals surface area contributed by atoms with Crippen LogP contribution in [0.1, 0.15) is 11.1 Å². The summed E-state index contributed by atoms with van der Waals surface area (Å²) in [7, 11) is 0. The van der Waals surface area contributed by atoms with Crippen LogP contribution < -0.4 is 10.1 Å². The molecule has 82 valence electrons. The van der Waals surface area contributed by atoms with Crippen molar-refractivity contribution in [2.24, 2.45) is 0 Å². The van der Waals surface area contributed by atoms with E-state index in [1.54, 1.807) is 0 Å². The zero-order valence-corrected chi connectivity index (χ0v) is 9.55. The third kappa shape index (κ3) is 4.17. The number of benzene rings is 1. The molecule has 0 aliphatic carbocycles. The van der Waals surface area contributed by atoms with Crippen LogP contribution in [0.2, 0.25) is 0 Å². The molecule has 0 amide bonds. The molecule has 0 unspecified atom stereocenters. The van der Waals surface area contributed by atoms with E-state index in [1.807, 2.05) is 12.1 Å². The molecule has 1 aromatic carbocycles. The largest absolute Gasteiger partial charge is 0.492 e. The predicted octanol–water partition coefficient (Wildman–Crippen LogP) is 2.46. The van der Waals surface area contributed by atoms with Crippen molar-refractivity contribution >= 4 is 0 Å². The van der Waals surface area contributed by atoms with E-state index in [9.17, 15) is 0 Å². The van der Waals surface area contributed by atoms with Gasteiger partial charge >= 0.3 is 0 Å². The van der Waals surface area contributed by atoms with Crippen LogP contribution in [-0.2, 0) is 0 Å². The lowest BCUT2D eigenvalue weighted by atomic mass is 10.1. The van der Waals surface area contributed by atoms with Gasteiger partial charge in [-0.05, 0) is 25.5 Å². The van der Waals surface area contributed by atoms with Crippen LogP contribution in [0, 0.1) is 13.8 Å². The number of hydrogen-bond acceptors (Lipinski definition) is 2. The molecule has 1 rings (SSSR count). The molecular weight excluding hydrogens is 186 g/mol. The molecule has 2 heteroatoms. The highest BCUT2D eigenvalue weighted by molar-refractivity contribution is 5.35. The van der Waals surface area contributed by atoms with Gasteiger partial charge in [0.1, 0.15) is 12.4 Å². The molecule has 0 heterocycles. The van der Waals surface area contributed by atoms with Crippen LogP contribution in [0.25, 0.3) is 0 Å². The molecule has 0 atom stereocenters. The third-order valence-corrected chi connectivity index (χ3v) is 2.16. The van der Waals surface area contributed by atoms with Gasteiger partial charge < -0.3 is 10.1 Å². The van der Waals surface area contributed by atoms with Crippen molar-refractivity contribution < 1.29 is 4.74 Å². The van der Waals surface area contributed by atoms with Crippen molar-refractivity contribution in [3.8, 4) is 5.75 Å². The Morgan fingerprint density at radius 1 is 1.40 bits per heavy atom. The molecule has 0 saturated heterocycles. The lowest BCUT2D eigenvalue weighted by molar-refractivity contribution is 0.314. The second-order valence-corrected chi connectivity index (χ2v) is 3.61. The summed E-state index contributed by atoms with van der Waals surface area (Å²) in [4.78, 5) is 0. The fraction of sp³-hybridized carbons (Fsp3) is 0.385. The molecule has 0 bridgehead atoms. The number of ether oxygens (including phenoxy) is 1. The first-order chi connectivity index (χ1) is 7.24. The summed E-state index contributed by atoms with van der Waals surface area (Å²) in [5.41, 5.74) is 2.46. The van der Waals surface area contributed by atoms with E-state index >= 15 is 0 Å². The standard InChI is InChI=1S/C13H19NO/c1-4-7-14-8-9-15-13-6-5-11(2)10-12(13)3/h4-6,10,14H,1,7-9H2,2-3H3. The first-order valence-electron chi connectivity index (χ1n) is 5.25. The first-order valence-corrected chi connectivity index (χ1v) is 5.25. The Labute approximate surface area is 92.0 Å². The molecule has 0 aliphatic heterocycles. The van der Waals surface area contributed by atoms with Gasteiger partial charge in [0.2, 0.25) is 0 Å². The summed E-state index contributed by atoms with van der Waals surface area (Å²) in [6.07, 6.45) is 1.84. The van der Waals surface area contributed by atoms with Gasteiger partial charge in [0.05, 0.1) is 0 Å². The molecule has 0 aliphatic rings. The van der Waals surface area contributed by atoms with Gasteiger partial charge in [0.25, 0.3) is 0 Å². The molecule has 0 aromatic heterocycles. The molecule has 0 fully saturated rings. The van der Waals surface area contributed by atoms with Crippen molar-refractivity contribution in [3.63, 3.8) is 0 Å². The maximum atomic E-state index is 5.64. The minimum atomic E-state index is 0.692. The summed E-state index contributed by atoms with van der Waals surface area (Å²) < 4.78 is 5.64. The lowest BCUT2D eigenvalue weighted by Gasteiger charge is -2.09. The van der Waals surface area contributed by atoms with Gasteiger partial charge in [-0.25, -0.2) is 0 Å². The lowest BCUT2D eigenvalue weighted by Crippen LogP contribution is -2.20. The predicted molar refractivity (Wildman–Crippen MR) is 64.5 cm³/mol. The summed E-state index contributed by atoms with van der Waals surface area (Å²) >= 11 is 0. The summed E-state index contributed by atoms with van der Waals surface area (Å²) in [6.45, 7) is 10.2. The fourth-order valence-corrected chi connectivity index (χ4v) is 1.40.